The van der Waals surface area contributed by atoms with E-state index < -0.39 is 0 Å². The summed E-state index contributed by atoms with van der Waals surface area (Å²) in [6.07, 6.45) is 0. The van der Waals surface area contributed by atoms with E-state index in [1.165, 1.54) is 0 Å². The highest BCUT2D eigenvalue weighted by Crippen LogP contribution is 2.18. The molecule has 1 N–H and O–H groups in total. The van der Waals surface area contributed by atoms with Crippen LogP contribution >= 0.6 is 23.2 Å². The lowest BCUT2D eigenvalue weighted by Crippen LogP contribution is -2.26. The Kier molecular flexibility index (Phi) is 5.09. The summed E-state index contributed by atoms with van der Waals surface area (Å²) in [6, 6.07) is 0. The van der Waals surface area contributed by atoms with Gasteiger partial charge in [0.2, 0.25) is 0 Å². The third kappa shape index (κ3) is 3.37. The fourth-order valence-corrected chi connectivity index (χ4v) is 1.80. The van der Waals surface area contributed by atoms with Gasteiger partial charge in [-0.25, -0.2) is 0 Å². The molecule has 0 aliphatic heterocycles. The van der Waals surface area contributed by atoms with Gasteiger partial charge in [0.15, 0.2) is 0 Å². The molecule has 92 valence electrons. The third-order valence-electron chi connectivity index (χ3n) is 2.63. The number of alkyl halides is 1. The van der Waals surface area contributed by atoms with Gasteiger partial charge in [-0.2, -0.15) is 5.10 Å². The molecule has 0 bridgehead atoms. The molecule has 0 aliphatic carbocycles. The van der Waals surface area contributed by atoms with Gasteiger partial charge in [-0.3, -0.25) is 4.68 Å². The normalized spacial score (nSPS) is 13.4. The predicted octanol–water partition coefficient (Wildman–Crippen LogP) is 2.73. The van der Waals surface area contributed by atoms with Gasteiger partial charge in [0.25, 0.3) is 0 Å². The van der Waals surface area contributed by atoms with E-state index in [0.717, 1.165) is 17.8 Å². The Hall–Kier alpha value is -0.250. The fraction of sp³-hybridized carbons (Fsp3) is 0.727. The van der Waals surface area contributed by atoms with Crippen molar-refractivity contribution in [2.24, 2.45) is 13.0 Å². The zero-order chi connectivity index (χ0) is 12.3. The Balaban J connectivity index is 2.49. The average Bonchev–Trinajstić information content (AvgIpc) is 2.44. The summed E-state index contributed by atoms with van der Waals surface area (Å²) in [7, 11) is 1.84. The average molecular weight is 264 g/mol. The van der Waals surface area contributed by atoms with E-state index in [9.17, 15) is 0 Å². The highest BCUT2D eigenvalue weighted by molar-refractivity contribution is 6.30. The van der Waals surface area contributed by atoms with Crippen LogP contribution in [0.25, 0.3) is 0 Å². The van der Waals surface area contributed by atoms with Crippen LogP contribution in [0.2, 0.25) is 5.15 Å². The lowest BCUT2D eigenvalue weighted by molar-refractivity contribution is 0.545. The number of aryl methyl sites for hydroxylation is 2. The van der Waals surface area contributed by atoms with E-state index in [4.69, 9.17) is 23.2 Å². The van der Waals surface area contributed by atoms with Crippen LogP contribution in [0.3, 0.4) is 0 Å². The molecule has 1 heterocycles. The maximum atomic E-state index is 6.15. The summed E-state index contributed by atoms with van der Waals surface area (Å²) in [5.74, 6) is 0.472. The quantitative estimate of drug-likeness (QED) is 0.829. The van der Waals surface area contributed by atoms with E-state index in [1.54, 1.807) is 4.68 Å². The van der Waals surface area contributed by atoms with Crippen molar-refractivity contribution in [1.29, 1.82) is 0 Å². The monoisotopic (exact) mass is 263 g/mol. The predicted molar refractivity (Wildman–Crippen MR) is 69.1 cm³/mol. The van der Waals surface area contributed by atoms with E-state index >= 15 is 0 Å². The molecule has 0 fully saturated rings. The van der Waals surface area contributed by atoms with Gasteiger partial charge in [-0.1, -0.05) is 25.4 Å². The first kappa shape index (κ1) is 13.8. The number of hydrogen-bond acceptors (Lipinski definition) is 2. The standard InChI is InChI=1S/C11H19Cl2N3/c1-7(2)10(12)6-14-5-9-8(3)15-16(4)11(9)13/h7,10,14H,5-6H2,1-4H3. The van der Waals surface area contributed by atoms with Crippen molar-refractivity contribution in [2.45, 2.75) is 32.7 Å². The Labute approximate surface area is 107 Å². The van der Waals surface area contributed by atoms with Crippen LogP contribution < -0.4 is 5.32 Å². The summed E-state index contributed by atoms with van der Waals surface area (Å²) in [6.45, 7) is 7.69. The summed E-state index contributed by atoms with van der Waals surface area (Å²) in [4.78, 5) is 0. The highest BCUT2D eigenvalue weighted by atomic mass is 35.5. The molecule has 0 aromatic carbocycles. The molecular formula is C11H19Cl2N3. The molecule has 1 aromatic heterocycles. The van der Waals surface area contributed by atoms with Crippen LogP contribution in [0.1, 0.15) is 25.1 Å². The SMILES string of the molecule is Cc1nn(C)c(Cl)c1CNCC(Cl)C(C)C. The number of nitrogens with one attached hydrogen (secondary N) is 1. The van der Waals surface area contributed by atoms with Crippen LogP contribution in [0, 0.1) is 12.8 Å². The molecule has 3 nitrogen and oxygen atoms in total. The van der Waals surface area contributed by atoms with Crippen LogP contribution in [0.4, 0.5) is 0 Å². The molecule has 1 rings (SSSR count). The van der Waals surface area contributed by atoms with Crippen LogP contribution in [-0.4, -0.2) is 21.7 Å². The zero-order valence-electron chi connectivity index (χ0n) is 10.2. The van der Waals surface area contributed by atoms with Crippen molar-refractivity contribution >= 4 is 23.2 Å². The number of aromatic nitrogens is 2. The van der Waals surface area contributed by atoms with Crippen molar-refractivity contribution in [3.05, 3.63) is 16.4 Å². The fourth-order valence-electron chi connectivity index (χ4n) is 1.45. The van der Waals surface area contributed by atoms with Crippen molar-refractivity contribution in [2.75, 3.05) is 6.54 Å². The van der Waals surface area contributed by atoms with Crippen molar-refractivity contribution in [3.63, 3.8) is 0 Å². The van der Waals surface area contributed by atoms with E-state index in [0.29, 0.717) is 17.6 Å². The minimum Gasteiger partial charge on any atom is -0.311 e. The molecule has 1 unspecified atom stereocenters. The molecule has 0 spiro atoms. The molecule has 16 heavy (non-hydrogen) atoms. The second kappa shape index (κ2) is 5.89. The lowest BCUT2D eigenvalue weighted by Gasteiger charge is -2.13. The van der Waals surface area contributed by atoms with Gasteiger partial charge >= 0.3 is 0 Å². The minimum atomic E-state index is 0.149. The minimum absolute atomic E-state index is 0.149. The molecule has 0 radical (unpaired) electrons. The van der Waals surface area contributed by atoms with Crippen molar-refractivity contribution < 1.29 is 0 Å². The molecule has 1 atom stereocenters. The van der Waals surface area contributed by atoms with Gasteiger partial charge < -0.3 is 5.32 Å². The Morgan fingerprint density at radius 3 is 2.50 bits per heavy atom. The molecule has 0 saturated heterocycles. The lowest BCUT2D eigenvalue weighted by atomic mass is 10.1. The Bertz CT molecular complexity index is 347. The maximum Gasteiger partial charge on any atom is 0.131 e. The first-order chi connectivity index (χ1) is 7.43. The van der Waals surface area contributed by atoms with Gasteiger partial charge in [0.05, 0.1) is 5.69 Å². The van der Waals surface area contributed by atoms with Crippen LogP contribution in [-0.2, 0) is 13.6 Å². The van der Waals surface area contributed by atoms with Crippen LogP contribution in [0.15, 0.2) is 0 Å². The van der Waals surface area contributed by atoms with E-state index in [2.05, 4.69) is 24.3 Å². The summed E-state index contributed by atoms with van der Waals surface area (Å²) in [5.41, 5.74) is 2.02. The largest absolute Gasteiger partial charge is 0.311 e. The molecule has 0 saturated carbocycles. The second-order valence-corrected chi connectivity index (χ2v) is 5.29. The first-order valence-electron chi connectivity index (χ1n) is 5.46. The first-order valence-corrected chi connectivity index (χ1v) is 6.27. The highest BCUT2D eigenvalue weighted by Gasteiger charge is 2.12. The summed E-state index contributed by atoms with van der Waals surface area (Å²) in [5, 5.41) is 8.41. The Morgan fingerprint density at radius 2 is 2.06 bits per heavy atom. The molecular weight excluding hydrogens is 245 g/mol. The summed E-state index contributed by atoms with van der Waals surface area (Å²) >= 11 is 12.3. The molecule has 0 amide bonds. The van der Waals surface area contributed by atoms with Gasteiger partial charge in [0, 0.05) is 31.1 Å². The summed E-state index contributed by atoms with van der Waals surface area (Å²) < 4.78 is 1.69. The molecule has 1 aromatic rings. The van der Waals surface area contributed by atoms with Crippen molar-refractivity contribution in [1.82, 2.24) is 15.1 Å². The number of halogens is 2. The number of hydrogen-bond donors (Lipinski definition) is 1. The van der Waals surface area contributed by atoms with E-state index in [-0.39, 0.29) is 5.38 Å². The topological polar surface area (TPSA) is 29.9 Å². The number of nitrogens with zero attached hydrogens (tertiary/aromatic N) is 2. The zero-order valence-corrected chi connectivity index (χ0v) is 11.7. The Morgan fingerprint density at radius 1 is 1.44 bits per heavy atom. The second-order valence-electron chi connectivity index (χ2n) is 4.37. The molecule has 0 aliphatic rings. The smallest absolute Gasteiger partial charge is 0.131 e. The van der Waals surface area contributed by atoms with E-state index in [1.807, 2.05) is 14.0 Å². The van der Waals surface area contributed by atoms with Gasteiger partial charge in [-0.05, 0) is 12.8 Å². The van der Waals surface area contributed by atoms with Gasteiger partial charge in [-0.15, -0.1) is 11.6 Å². The maximum absolute atomic E-state index is 6.15. The molecule has 5 heteroatoms. The van der Waals surface area contributed by atoms with Crippen LogP contribution in [0.5, 0.6) is 0 Å². The number of rotatable bonds is 5. The van der Waals surface area contributed by atoms with Crippen molar-refractivity contribution in [3.8, 4) is 0 Å². The third-order valence-corrected chi connectivity index (χ3v) is 3.77. The van der Waals surface area contributed by atoms with Gasteiger partial charge in [0.1, 0.15) is 5.15 Å².